The van der Waals surface area contributed by atoms with Gasteiger partial charge in [-0.15, -0.1) is 0 Å². The second-order valence-electron chi connectivity index (χ2n) is 10.8. The molecule has 38 heavy (non-hydrogen) atoms. The van der Waals surface area contributed by atoms with Gasteiger partial charge in [0.15, 0.2) is 5.56 Å². The minimum absolute atomic E-state index is 0.124. The highest BCUT2D eigenvalue weighted by molar-refractivity contribution is 5.94. The van der Waals surface area contributed by atoms with Crippen LogP contribution in [0.25, 0.3) is 11.4 Å². The lowest BCUT2D eigenvalue weighted by Crippen LogP contribution is -2.33. The van der Waals surface area contributed by atoms with E-state index in [1.807, 2.05) is 30.3 Å². The molecule has 1 fully saturated rings. The number of unbranched alkanes of at least 4 members (excludes halogenated alkanes) is 1. The Balaban J connectivity index is 1.80. The Morgan fingerprint density at radius 2 is 1.95 bits per heavy atom. The maximum absolute atomic E-state index is 13.9. The largest absolute Gasteiger partial charge is 0.506 e. The highest BCUT2D eigenvalue weighted by Gasteiger charge is 2.39. The lowest BCUT2D eigenvalue weighted by molar-refractivity contribution is 0.0594. The third-order valence-electron chi connectivity index (χ3n) is 7.70. The zero-order valence-corrected chi connectivity index (χ0v) is 22.6. The summed E-state index contributed by atoms with van der Waals surface area (Å²) in [6, 6.07) is 11.8. The zero-order valence-electron chi connectivity index (χ0n) is 22.6. The second kappa shape index (κ2) is 10.6. The van der Waals surface area contributed by atoms with E-state index in [1.165, 1.54) is 7.11 Å². The van der Waals surface area contributed by atoms with Crippen LogP contribution in [0.3, 0.4) is 0 Å². The Hall–Kier alpha value is -3.61. The molecule has 2 aliphatic carbocycles. The topological polar surface area (TPSA) is 90.7 Å². The zero-order chi connectivity index (χ0) is 27.0. The van der Waals surface area contributed by atoms with E-state index in [4.69, 9.17) is 14.5 Å². The van der Waals surface area contributed by atoms with Crippen molar-refractivity contribution in [1.29, 1.82) is 0 Å². The summed E-state index contributed by atoms with van der Waals surface area (Å²) >= 11 is 0. The van der Waals surface area contributed by atoms with Crippen molar-refractivity contribution in [3.05, 3.63) is 74.7 Å². The van der Waals surface area contributed by atoms with Crippen LogP contribution in [0, 0.1) is 5.92 Å². The molecule has 0 spiro atoms. The Labute approximate surface area is 223 Å². The van der Waals surface area contributed by atoms with E-state index >= 15 is 0 Å². The van der Waals surface area contributed by atoms with Gasteiger partial charge in [0.25, 0.3) is 5.56 Å². The van der Waals surface area contributed by atoms with E-state index < -0.39 is 11.5 Å². The number of aromatic hydroxyl groups is 1. The molecule has 200 valence electrons. The van der Waals surface area contributed by atoms with Crippen molar-refractivity contribution in [3.63, 3.8) is 0 Å². The number of nitrogens with zero attached hydrogens (tertiary/aromatic N) is 2. The molecular weight excluding hydrogens is 480 g/mol. The lowest BCUT2D eigenvalue weighted by atomic mass is 9.76. The van der Waals surface area contributed by atoms with E-state index in [2.05, 4.69) is 26.8 Å². The molecule has 1 saturated carbocycles. The van der Waals surface area contributed by atoms with E-state index in [9.17, 15) is 14.7 Å². The monoisotopic (exact) mass is 516 g/mol. The van der Waals surface area contributed by atoms with Gasteiger partial charge < -0.3 is 19.1 Å². The molecule has 7 nitrogen and oxygen atoms in total. The molecule has 1 aromatic carbocycles. The van der Waals surface area contributed by atoms with Crippen LogP contribution in [0.5, 0.6) is 11.5 Å². The molecular formula is C31H36N2O5. The Morgan fingerprint density at radius 3 is 2.58 bits per heavy atom. The molecule has 0 amide bonds. The number of ether oxygens (including phenoxy) is 2. The number of hydrogen-bond donors (Lipinski definition) is 1. The lowest BCUT2D eigenvalue weighted by Gasteiger charge is -2.33. The minimum atomic E-state index is -0.836. The summed E-state index contributed by atoms with van der Waals surface area (Å²) in [5, 5.41) is 11.5. The summed E-state index contributed by atoms with van der Waals surface area (Å²) in [6.07, 6.45) is 4.76. The van der Waals surface area contributed by atoms with Crippen molar-refractivity contribution in [2.45, 2.75) is 71.3 Å². The fraction of sp³-hybridized carbons (Fsp3) is 0.452. The molecule has 2 heterocycles. The third-order valence-corrected chi connectivity index (χ3v) is 7.70. The molecule has 1 unspecified atom stereocenters. The van der Waals surface area contributed by atoms with E-state index in [-0.39, 0.29) is 29.7 Å². The smallest absolute Gasteiger partial charge is 0.347 e. The Morgan fingerprint density at radius 1 is 1.21 bits per heavy atom. The number of hydrogen-bond acceptors (Lipinski definition) is 6. The molecule has 2 aliphatic rings. The van der Waals surface area contributed by atoms with Crippen LogP contribution in [0.1, 0.15) is 91.0 Å². The van der Waals surface area contributed by atoms with Crippen LogP contribution >= 0.6 is 0 Å². The molecule has 2 aromatic heterocycles. The number of carbonyl (C=O) groups excluding carboxylic acids is 1. The van der Waals surface area contributed by atoms with Crippen molar-refractivity contribution in [1.82, 2.24) is 9.55 Å². The highest BCUT2D eigenvalue weighted by atomic mass is 16.5. The molecule has 0 aliphatic heterocycles. The van der Waals surface area contributed by atoms with Crippen LogP contribution in [0.4, 0.5) is 0 Å². The summed E-state index contributed by atoms with van der Waals surface area (Å²) in [7, 11) is 1.22. The molecule has 1 N–H and O–H groups in total. The van der Waals surface area contributed by atoms with Gasteiger partial charge in [-0.2, -0.15) is 0 Å². The molecule has 0 saturated heterocycles. The second-order valence-corrected chi connectivity index (χ2v) is 10.8. The number of carbonyl (C=O) groups is 1. The maximum atomic E-state index is 13.9. The average molecular weight is 517 g/mol. The van der Waals surface area contributed by atoms with Crippen LogP contribution in [-0.4, -0.2) is 34.3 Å². The van der Waals surface area contributed by atoms with Gasteiger partial charge in [-0.25, -0.2) is 9.78 Å². The van der Waals surface area contributed by atoms with Crippen molar-refractivity contribution in [2.75, 3.05) is 13.7 Å². The van der Waals surface area contributed by atoms with Crippen LogP contribution in [0.2, 0.25) is 0 Å². The van der Waals surface area contributed by atoms with Gasteiger partial charge >= 0.3 is 5.97 Å². The summed E-state index contributed by atoms with van der Waals surface area (Å²) in [6.45, 7) is 7.21. The van der Waals surface area contributed by atoms with Crippen molar-refractivity contribution in [3.8, 4) is 22.9 Å². The summed E-state index contributed by atoms with van der Waals surface area (Å²) < 4.78 is 12.8. The van der Waals surface area contributed by atoms with Gasteiger partial charge in [-0.1, -0.05) is 57.5 Å². The third kappa shape index (κ3) is 4.70. The SMILES string of the molecule is CCCCOc1cc2c(nc1C1CC1)-c1c(c(O)c(C(=O)OC)c(=O)n1Cc1ccccc1)C(C(C)C)C2. The van der Waals surface area contributed by atoms with E-state index in [1.54, 1.807) is 4.57 Å². The minimum Gasteiger partial charge on any atom is -0.506 e. The van der Waals surface area contributed by atoms with Crippen LogP contribution in [-0.2, 0) is 17.7 Å². The fourth-order valence-corrected chi connectivity index (χ4v) is 5.45. The number of esters is 1. The predicted octanol–water partition coefficient (Wildman–Crippen LogP) is 5.80. The van der Waals surface area contributed by atoms with Crippen molar-refractivity contribution >= 4 is 5.97 Å². The molecule has 0 radical (unpaired) electrons. The number of benzene rings is 1. The molecule has 0 bridgehead atoms. The first-order valence-corrected chi connectivity index (χ1v) is 13.6. The summed E-state index contributed by atoms with van der Waals surface area (Å²) in [5.41, 5.74) is 3.81. The van der Waals surface area contributed by atoms with Crippen LogP contribution < -0.4 is 10.3 Å². The highest BCUT2D eigenvalue weighted by Crippen LogP contribution is 2.50. The van der Waals surface area contributed by atoms with Gasteiger partial charge in [0, 0.05) is 11.5 Å². The number of aromatic nitrogens is 2. The summed E-state index contributed by atoms with van der Waals surface area (Å²) in [4.78, 5) is 31.8. The van der Waals surface area contributed by atoms with Crippen molar-refractivity contribution < 1.29 is 19.4 Å². The average Bonchev–Trinajstić information content (AvgIpc) is 3.76. The Kier molecular flexibility index (Phi) is 7.28. The van der Waals surface area contributed by atoms with Gasteiger partial charge in [-0.05, 0) is 54.7 Å². The number of pyridine rings is 2. The first-order chi connectivity index (χ1) is 18.3. The quantitative estimate of drug-likeness (QED) is 0.285. The van der Waals surface area contributed by atoms with Crippen LogP contribution in [0.15, 0.2) is 41.2 Å². The van der Waals surface area contributed by atoms with E-state index in [0.29, 0.717) is 35.9 Å². The fourth-order valence-electron chi connectivity index (χ4n) is 5.45. The van der Waals surface area contributed by atoms with Crippen molar-refractivity contribution in [2.24, 2.45) is 5.92 Å². The predicted molar refractivity (Wildman–Crippen MR) is 146 cm³/mol. The van der Waals surface area contributed by atoms with Gasteiger partial charge in [0.2, 0.25) is 0 Å². The van der Waals surface area contributed by atoms with Gasteiger partial charge in [-0.3, -0.25) is 4.79 Å². The molecule has 1 atom stereocenters. The van der Waals surface area contributed by atoms with Gasteiger partial charge in [0.05, 0.1) is 37.3 Å². The maximum Gasteiger partial charge on any atom is 0.347 e. The number of methoxy groups -OCH3 is 1. The first kappa shape index (κ1) is 26.0. The standard InChI is InChI=1S/C31H36N2O5/c1-5-6-14-38-23-16-21-15-22(18(2)3)24-28(27(21)32-26(23)20-12-13-20)33(17-19-10-8-7-9-11-19)30(35)25(29(24)34)31(36)37-4/h7-11,16,18,20,22,34H,5-6,12-15,17H2,1-4H3. The summed E-state index contributed by atoms with van der Waals surface area (Å²) in [5.74, 6) is 0.0489. The number of fused-ring (bicyclic) bond motifs is 3. The molecule has 7 heteroatoms. The first-order valence-electron chi connectivity index (χ1n) is 13.6. The van der Waals surface area contributed by atoms with E-state index in [0.717, 1.165) is 48.3 Å². The normalized spacial score (nSPS) is 16.2. The molecule has 3 aromatic rings. The Bertz CT molecular complexity index is 1410. The molecule has 5 rings (SSSR count). The number of rotatable bonds is 9. The van der Waals surface area contributed by atoms with Gasteiger partial charge in [0.1, 0.15) is 11.5 Å².